The van der Waals surface area contributed by atoms with Crippen LogP contribution in [0.4, 0.5) is 0 Å². The van der Waals surface area contributed by atoms with Crippen molar-refractivity contribution in [3.05, 3.63) is 58.9 Å². The number of nitrogens with zero attached hydrogens (tertiary/aromatic N) is 3. The van der Waals surface area contributed by atoms with Crippen molar-refractivity contribution in [1.29, 1.82) is 0 Å². The maximum Gasteiger partial charge on any atom is 0.231 e. The Bertz CT molecular complexity index is 1030. The van der Waals surface area contributed by atoms with Crippen LogP contribution in [0.1, 0.15) is 18.4 Å². The summed E-state index contributed by atoms with van der Waals surface area (Å²) in [7, 11) is 0. The third kappa shape index (κ3) is 6.23. The molecule has 2 aromatic carbocycles. The second-order valence-corrected chi connectivity index (χ2v) is 7.01. The van der Waals surface area contributed by atoms with Crippen molar-refractivity contribution in [3.63, 3.8) is 0 Å². The molecular weight excluding hydrogens is 533 g/mol. The van der Waals surface area contributed by atoms with Crippen molar-refractivity contribution >= 4 is 41.5 Å². The van der Waals surface area contributed by atoms with Crippen LogP contribution in [0.5, 0.6) is 11.5 Å². The summed E-state index contributed by atoms with van der Waals surface area (Å²) >= 11 is 5.92. The maximum atomic E-state index is 5.92. The quantitative estimate of drug-likeness (QED) is 0.258. The first-order valence-electron chi connectivity index (χ1n) is 9.70. The van der Waals surface area contributed by atoms with E-state index in [1.807, 2.05) is 37.3 Å². The van der Waals surface area contributed by atoms with Crippen LogP contribution in [0.25, 0.3) is 11.4 Å². The molecule has 3 aromatic rings. The Labute approximate surface area is 202 Å². The minimum Gasteiger partial charge on any atom is -0.454 e. The molecule has 0 unspecified atom stereocenters. The average molecular weight is 556 g/mol. The molecule has 0 fully saturated rings. The Kier molecular flexibility index (Phi) is 8.35. The van der Waals surface area contributed by atoms with Gasteiger partial charge >= 0.3 is 0 Å². The van der Waals surface area contributed by atoms with E-state index in [2.05, 4.69) is 25.8 Å². The summed E-state index contributed by atoms with van der Waals surface area (Å²) in [5.41, 5.74) is 1.90. The standard InChI is InChI=1S/C21H22ClN5O3.HI/c1-2-23-21(25-12-14-3-8-17-18(11-14)29-13-28-17)24-10-9-19-26-20(27-30-19)15-4-6-16(22)7-5-15;/h3-8,11H,2,9-10,12-13H2,1H3,(H2,23,24,25);1H. The fraction of sp³-hybridized carbons (Fsp3) is 0.286. The van der Waals surface area contributed by atoms with Crippen LogP contribution in [-0.2, 0) is 13.0 Å². The summed E-state index contributed by atoms with van der Waals surface area (Å²) in [5, 5.41) is 11.2. The van der Waals surface area contributed by atoms with Gasteiger partial charge in [0.1, 0.15) is 0 Å². The lowest BCUT2D eigenvalue weighted by atomic mass is 10.2. The number of hydrogen-bond donors (Lipinski definition) is 2. The molecule has 0 saturated heterocycles. The monoisotopic (exact) mass is 555 g/mol. The molecule has 0 radical (unpaired) electrons. The highest BCUT2D eigenvalue weighted by atomic mass is 127. The summed E-state index contributed by atoms with van der Waals surface area (Å²) in [6.07, 6.45) is 0.578. The van der Waals surface area contributed by atoms with E-state index in [1.165, 1.54) is 0 Å². The van der Waals surface area contributed by atoms with Crippen LogP contribution < -0.4 is 20.1 Å². The Morgan fingerprint density at radius 1 is 1.10 bits per heavy atom. The fourth-order valence-electron chi connectivity index (χ4n) is 2.91. The molecule has 0 bridgehead atoms. The molecule has 0 saturated carbocycles. The number of aliphatic imine (C=N–C) groups is 1. The van der Waals surface area contributed by atoms with Crippen LogP contribution in [0.15, 0.2) is 52.0 Å². The van der Waals surface area contributed by atoms with E-state index in [-0.39, 0.29) is 30.8 Å². The van der Waals surface area contributed by atoms with Crippen molar-refractivity contribution < 1.29 is 14.0 Å². The summed E-state index contributed by atoms with van der Waals surface area (Å²) in [6, 6.07) is 13.2. The molecule has 8 nitrogen and oxygen atoms in total. The van der Waals surface area contributed by atoms with E-state index in [1.54, 1.807) is 12.1 Å². The van der Waals surface area contributed by atoms with Crippen molar-refractivity contribution in [2.45, 2.75) is 19.9 Å². The van der Waals surface area contributed by atoms with Gasteiger partial charge in [0.2, 0.25) is 18.5 Å². The van der Waals surface area contributed by atoms with E-state index < -0.39 is 0 Å². The first-order chi connectivity index (χ1) is 14.7. The third-order valence-electron chi connectivity index (χ3n) is 4.40. The number of aromatic nitrogens is 2. The summed E-state index contributed by atoms with van der Waals surface area (Å²) < 4.78 is 16.1. The first kappa shape index (κ1) is 23.1. The number of halogens is 2. The molecule has 1 aliphatic heterocycles. The SMILES string of the molecule is CCNC(=NCc1ccc2c(c1)OCO2)NCCc1nc(-c2ccc(Cl)cc2)no1.I. The highest BCUT2D eigenvalue weighted by Crippen LogP contribution is 2.32. The van der Waals surface area contributed by atoms with Crippen molar-refractivity contribution in [2.75, 3.05) is 19.9 Å². The number of ether oxygens (including phenoxy) is 2. The minimum absolute atomic E-state index is 0. The molecule has 164 valence electrons. The molecule has 4 rings (SSSR count). The summed E-state index contributed by atoms with van der Waals surface area (Å²) in [4.78, 5) is 9.05. The van der Waals surface area contributed by atoms with Gasteiger partial charge in [0.25, 0.3) is 0 Å². The zero-order valence-corrected chi connectivity index (χ0v) is 20.0. The van der Waals surface area contributed by atoms with Crippen LogP contribution in [0, 0.1) is 0 Å². The molecule has 31 heavy (non-hydrogen) atoms. The molecule has 2 N–H and O–H groups in total. The number of rotatable bonds is 7. The highest BCUT2D eigenvalue weighted by molar-refractivity contribution is 14.0. The minimum atomic E-state index is 0. The molecule has 0 amide bonds. The molecule has 1 aliphatic rings. The lowest BCUT2D eigenvalue weighted by Gasteiger charge is -2.10. The number of benzene rings is 2. The van der Waals surface area contributed by atoms with Crippen LogP contribution >= 0.6 is 35.6 Å². The molecule has 0 atom stereocenters. The lowest BCUT2D eigenvalue weighted by molar-refractivity contribution is 0.174. The van der Waals surface area contributed by atoms with Gasteiger partial charge in [0.15, 0.2) is 17.5 Å². The van der Waals surface area contributed by atoms with Gasteiger partial charge in [-0.15, -0.1) is 24.0 Å². The zero-order valence-electron chi connectivity index (χ0n) is 16.9. The Morgan fingerprint density at radius 3 is 2.71 bits per heavy atom. The van der Waals surface area contributed by atoms with Gasteiger partial charge in [0.05, 0.1) is 6.54 Å². The summed E-state index contributed by atoms with van der Waals surface area (Å²) in [5.74, 6) is 3.34. The van der Waals surface area contributed by atoms with Gasteiger partial charge in [-0.25, -0.2) is 4.99 Å². The Hall–Kier alpha value is -2.53. The second kappa shape index (κ2) is 11.2. The molecular formula is C21H23ClIN5O3. The number of fused-ring (bicyclic) bond motifs is 1. The predicted molar refractivity (Wildman–Crippen MR) is 129 cm³/mol. The van der Waals surface area contributed by atoms with Crippen molar-refractivity contribution in [2.24, 2.45) is 4.99 Å². The fourth-order valence-corrected chi connectivity index (χ4v) is 3.04. The largest absolute Gasteiger partial charge is 0.454 e. The van der Waals surface area contributed by atoms with E-state index in [0.29, 0.717) is 42.2 Å². The Morgan fingerprint density at radius 2 is 1.90 bits per heavy atom. The first-order valence-corrected chi connectivity index (χ1v) is 10.1. The molecule has 2 heterocycles. The molecule has 10 heteroatoms. The topological polar surface area (TPSA) is 93.8 Å². The number of nitrogens with one attached hydrogen (secondary N) is 2. The van der Waals surface area contributed by atoms with Crippen LogP contribution in [0.2, 0.25) is 5.02 Å². The van der Waals surface area contributed by atoms with Gasteiger partial charge < -0.3 is 24.6 Å². The van der Waals surface area contributed by atoms with E-state index in [0.717, 1.165) is 29.2 Å². The van der Waals surface area contributed by atoms with Crippen molar-refractivity contribution in [3.8, 4) is 22.9 Å². The van der Waals surface area contributed by atoms with Gasteiger partial charge in [0, 0.05) is 30.1 Å². The maximum absolute atomic E-state index is 5.92. The number of guanidine groups is 1. The van der Waals surface area contributed by atoms with Gasteiger partial charge in [-0.3, -0.25) is 0 Å². The molecule has 0 spiro atoms. The van der Waals surface area contributed by atoms with E-state index in [9.17, 15) is 0 Å². The third-order valence-corrected chi connectivity index (χ3v) is 4.65. The average Bonchev–Trinajstić information content (AvgIpc) is 3.41. The normalized spacial score (nSPS) is 12.4. The smallest absolute Gasteiger partial charge is 0.231 e. The molecule has 0 aliphatic carbocycles. The van der Waals surface area contributed by atoms with Gasteiger partial charge in [-0.1, -0.05) is 22.8 Å². The highest BCUT2D eigenvalue weighted by Gasteiger charge is 2.13. The summed E-state index contributed by atoms with van der Waals surface area (Å²) in [6.45, 7) is 4.17. The number of hydrogen-bond acceptors (Lipinski definition) is 6. The zero-order chi connectivity index (χ0) is 20.8. The van der Waals surface area contributed by atoms with Crippen LogP contribution in [0.3, 0.4) is 0 Å². The second-order valence-electron chi connectivity index (χ2n) is 6.58. The van der Waals surface area contributed by atoms with E-state index in [4.69, 9.17) is 25.6 Å². The predicted octanol–water partition coefficient (Wildman–Crippen LogP) is 4.03. The van der Waals surface area contributed by atoms with Gasteiger partial charge in [-0.2, -0.15) is 4.98 Å². The van der Waals surface area contributed by atoms with Crippen molar-refractivity contribution in [1.82, 2.24) is 20.8 Å². The Balaban J connectivity index is 0.00000272. The van der Waals surface area contributed by atoms with Crippen LogP contribution in [-0.4, -0.2) is 36.0 Å². The molecule has 1 aromatic heterocycles. The van der Waals surface area contributed by atoms with E-state index >= 15 is 0 Å². The lowest BCUT2D eigenvalue weighted by Crippen LogP contribution is -2.38. The van der Waals surface area contributed by atoms with Gasteiger partial charge in [-0.05, 0) is 48.9 Å².